The second-order valence-electron chi connectivity index (χ2n) is 5.27. The maximum Gasteiger partial charge on any atom is 0.161 e. The molecule has 0 aliphatic heterocycles. The van der Waals surface area contributed by atoms with Crippen LogP contribution in [0, 0.1) is 0 Å². The Balaban J connectivity index is 0.000000220. The van der Waals surface area contributed by atoms with Gasteiger partial charge in [0.25, 0.3) is 0 Å². The molecule has 22 heavy (non-hydrogen) atoms. The van der Waals surface area contributed by atoms with Crippen LogP contribution in [0.5, 0.6) is 23.0 Å². The maximum absolute atomic E-state index is 9.23. The number of phenols is 2. The predicted molar refractivity (Wildman–Crippen MR) is 87.7 cm³/mol. The highest BCUT2D eigenvalue weighted by molar-refractivity contribution is 5.38. The molecule has 2 rings (SSSR count). The molecule has 4 heteroatoms. The van der Waals surface area contributed by atoms with Crippen molar-refractivity contribution >= 4 is 0 Å². The molecular weight excluding hydrogens is 280 g/mol. The molecule has 0 fully saturated rings. The lowest BCUT2D eigenvalue weighted by molar-refractivity contribution is 0.231. The van der Waals surface area contributed by atoms with E-state index in [1.807, 2.05) is 39.8 Å². The molecule has 0 saturated heterocycles. The quantitative estimate of drug-likeness (QED) is 0.881. The van der Waals surface area contributed by atoms with Gasteiger partial charge in [-0.25, -0.2) is 0 Å². The molecule has 0 aliphatic rings. The monoisotopic (exact) mass is 304 g/mol. The fourth-order valence-corrected chi connectivity index (χ4v) is 1.62. The topological polar surface area (TPSA) is 58.9 Å². The third-order valence-electron chi connectivity index (χ3n) is 2.46. The summed E-state index contributed by atoms with van der Waals surface area (Å²) in [6, 6.07) is 13.9. The van der Waals surface area contributed by atoms with E-state index in [1.165, 1.54) is 0 Å². The normalized spacial score (nSPS) is 10.1. The molecule has 0 spiro atoms. The van der Waals surface area contributed by atoms with Crippen LogP contribution in [-0.4, -0.2) is 22.4 Å². The smallest absolute Gasteiger partial charge is 0.161 e. The molecule has 0 unspecified atom stereocenters. The van der Waals surface area contributed by atoms with Crippen LogP contribution in [0.4, 0.5) is 0 Å². The van der Waals surface area contributed by atoms with Gasteiger partial charge in [0.1, 0.15) is 0 Å². The molecule has 0 atom stereocenters. The standard InChI is InChI=1S/2C9H12O2/c2*1-7(2)11-9-6-4-3-5-8(9)10/h2*3-7,10H,1-2H3. The van der Waals surface area contributed by atoms with E-state index >= 15 is 0 Å². The number of hydrogen-bond donors (Lipinski definition) is 2. The van der Waals surface area contributed by atoms with Crippen molar-refractivity contribution in [3.8, 4) is 23.0 Å². The van der Waals surface area contributed by atoms with E-state index in [-0.39, 0.29) is 23.7 Å². The molecule has 0 bridgehead atoms. The third kappa shape index (κ3) is 6.39. The summed E-state index contributed by atoms with van der Waals surface area (Å²) >= 11 is 0. The van der Waals surface area contributed by atoms with Gasteiger partial charge in [0.15, 0.2) is 23.0 Å². The van der Waals surface area contributed by atoms with Gasteiger partial charge in [0, 0.05) is 0 Å². The van der Waals surface area contributed by atoms with Crippen molar-refractivity contribution in [2.45, 2.75) is 39.9 Å². The van der Waals surface area contributed by atoms with Crippen LogP contribution in [0.25, 0.3) is 0 Å². The minimum absolute atomic E-state index is 0.100. The lowest BCUT2D eigenvalue weighted by atomic mass is 10.3. The van der Waals surface area contributed by atoms with E-state index in [0.717, 1.165) is 0 Å². The van der Waals surface area contributed by atoms with Crippen LogP contribution >= 0.6 is 0 Å². The molecule has 120 valence electrons. The Morgan fingerprint density at radius 3 is 1.23 bits per heavy atom. The lowest BCUT2D eigenvalue weighted by Crippen LogP contribution is -2.05. The summed E-state index contributed by atoms with van der Waals surface area (Å²) < 4.78 is 10.6. The number of hydrogen-bond acceptors (Lipinski definition) is 4. The number of phenolic OH excluding ortho intramolecular Hbond substituents is 2. The minimum atomic E-state index is 0.100. The van der Waals surface area contributed by atoms with Crippen LogP contribution in [0.1, 0.15) is 27.7 Å². The molecule has 0 aromatic heterocycles. The number of aromatic hydroxyl groups is 2. The molecule has 0 radical (unpaired) electrons. The Labute approximate surface area is 131 Å². The lowest BCUT2D eigenvalue weighted by Gasteiger charge is -2.09. The van der Waals surface area contributed by atoms with E-state index in [0.29, 0.717) is 11.5 Å². The predicted octanol–water partition coefficient (Wildman–Crippen LogP) is 4.36. The second-order valence-corrected chi connectivity index (χ2v) is 5.27. The van der Waals surface area contributed by atoms with Crippen LogP contribution < -0.4 is 9.47 Å². The molecule has 0 heterocycles. The fourth-order valence-electron chi connectivity index (χ4n) is 1.62. The van der Waals surface area contributed by atoms with Crippen LogP contribution in [0.3, 0.4) is 0 Å². The zero-order valence-electron chi connectivity index (χ0n) is 13.5. The van der Waals surface area contributed by atoms with E-state index in [9.17, 15) is 10.2 Å². The number of ether oxygens (including phenoxy) is 2. The molecular formula is C18H24O4. The van der Waals surface area contributed by atoms with Crippen LogP contribution in [0.2, 0.25) is 0 Å². The van der Waals surface area contributed by atoms with Gasteiger partial charge in [-0.3, -0.25) is 0 Å². The SMILES string of the molecule is CC(C)Oc1ccccc1O.CC(C)Oc1ccccc1O. The highest BCUT2D eigenvalue weighted by Crippen LogP contribution is 2.25. The zero-order valence-corrected chi connectivity index (χ0v) is 13.5. The first-order valence-corrected chi connectivity index (χ1v) is 7.29. The fraction of sp³-hybridized carbons (Fsp3) is 0.333. The largest absolute Gasteiger partial charge is 0.504 e. The van der Waals surface area contributed by atoms with Gasteiger partial charge < -0.3 is 19.7 Å². The molecule has 0 aliphatic carbocycles. The minimum Gasteiger partial charge on any atom is -0.504 e. The van der Waals surface area contributed by atoms with Gasteiger partial charge in [0.05, 0.1) is 12.2 Å². The molecule has 4 nitrogen and oxygen atoms in total. The summed E-state index contributed by atoms with van der Waals surface area (Å²) in [7, 11) is 0. The van der Waals surface area contributed by atoms with Crippen LogP contribution in [-0.2, 0) is 0 Å². The second kappa shape index (κ2) is 8.82. The average Bonchev–Trinajstić information content (AvgIpc) is 2.44. The highest BCUT2D eigenvalue weighted by atomic mass is 16.5. The Kier molecular flexibility index (Phi) is 7.09. The van der Waals surface area contributed by atoms with Crippen molar-refractivity contribution in [3.63, 3.8) is 0 Å². The van der Waals surface area contributed by atoms with E-state index < -0.39 is 0 Å². The first-order chi connectivity index (χ1) is 10.4. The maximum atomic E-state index is 9.23. The first kappa shape index (κ1) is 17.7. The Hall–Kier alpha value is -2.36. The van der Waals surface area contributed by atoms with Crippen molar-refractivity contribution in [1.82, 2.24) is 0 Å². The number of para-hydroxylation sites is 4. The zero-order chi connectivity index (χ0) is 16.5. The van der Waals surface area contributed by atoms with Crippen molar-refractivity contribution in [2.24, 2.45) is 0 Å². The van der Waals surface area contributed by atoms with Gasteiger partial charge in [-0.05, 0) is 52.0 Å². The highest BCUT2D eigenvalue weighted by Gasteiger charge is 2.01. The van der Waals surface area contributed by atoms with Gasteiger partial charge in [-0.1, -0.05) is 24.3 Å². The summed E-state index contributed by atoms with van der Waals surface area (Å²) in [4.78, 5) is 0. The molecule has 0 saturated carbocycles. The Morgan fingerprint density at radius 1 is 0.636 bits per heavy atom. The Morgan fingerprint density at radius 2 is 0.955 bits per heavy atom. The number of benzene rings is 2. The van der Waals surface area contributed by atoms with Crippen molar-refractivity contribution in [1.29, 1.82) is 0 Å². The summed E-state index contributed by atoms with van der Waals surface area (Å²) in [5.74, 6) is 1.48. The summed E-state index contributed by atoms with van der Waals surface area (Å²) in [5, 5.41) is 18.5. The van der Waals surface area contributed by atoms with Gasteiger partial charge in [-0.15, -0.1) is 0 Å². The summed E-state index contributed by atoms with van der Waals surface area (Å²) in [5.41, 5.74) is 0. The first-order valence-electron chi connectivity index (χ1n) is 7.29. The van der Waals surface area contributed by atoms with E-state index in [4.69, 9.17) is 9.47 Å². The van der Waals surface area contributed by atoms with E-state index in [1.54, 1.807) is 36.4 Å². The average molecular weight is 304 g/mol. The number of rotatable bonds is 4. The van der Waals surface area contributed by atoms with Crippen molar-refractivity contribution < 1.29 is 19.7 Å². The van der Waals surface area contributed by atoms with Gasteiger partial charge in [-0.2, -0.15) is 0 Å². The van der Waals surface area contributed by atoms with Crippen molar-refractivity contribution in [3.05, 3.63) is 48.5 Å². The molecule has 2 aromatic rings. The summed E-state index contributed by atoms with van der Waals surface area (Å²) in [6.07, 6.45) is 0.201. The van der Waals surface area contributed by atoms with Crippen LogP contribution in [0.15, 0.2) is 48.5 Å². The van der Waals surface area contributed by atoms with Gasteiger partial charge in [0.2, 0.25) is 0 Å². The molecule has 2 aromatic carbocycles. The van der Waals surface area contributed by atoms with Crippen molar-refractivity contribution in [2.75, 3.05) is 0 Å². The summed E-state index contributed by atoms with van der Waals surface area (Å²) in [6.45, 7) is 7.69. The third-order valence-corrected chi connectivity index (χ3v) is 2.46. The Bertz CT molecular complexity index is 513. The van der Waals surface area contributed by atoms with Gasteiger partial charge >= 0.3 is 0 Å². The van der Waals surface area contributed by atoms with E-state index in [2.05, 4.69) is 0 Å². The molecule has 0 amide bonds. The molecule has 2 N–H and O–H groups in total.